The summed E-state index contributed by atoms with van der Waals surface area (Å²) in [6, 6.07) is 4.81. The van der Waals surface area contributed by atoms with E-state index in [9.17, 15) is 63.6 Å². The fourth-order valence-electron chi connectivity index (χ4n) is 7.89. The highest BCUT2D eigenvalue weighted by Crippen LogP contribution is 2.22. The zero-order valence-corrected chi connectivity index (χ0v) is 38.1. The lowest BCUT2D eigenvalue weighted by atomic mass is 9.95. The van der Waals surface area contributed by atoms with Crippen LogP contribution in [0.1, 0.15) is 51.2 Å². The molecule has 2 fully saturated rings. The number of H-pyrrole nitrogens is 1. The number of carbonyl (C=O) groups is 9. The van der Waals surface area contributed by atoms with Gasteiger partial charge in [0.25, 0.3) is 0 Å². The minimum absolute atomic E-state index is 0.0162. The largest absolute Gasteiger partial charge is 0.480 e. The number of hydrogen-bond acceptors (Lipinski definition) is 14. The van der Waals surface area contributed by atoms with Crippen LogP contribution < -0.4 is 48.3 Å². The summed E-state index contributed by atoms with van der Waals surface area (Å²) >= 11 is 0. The minimum Gasteiger partial charge on any atom is -0.480 e. The van der Waals surface area contributed by atoms with Gasteiger partial charge in [-0.25, -0.2) is 4.79 Å². The van der Waals surface area contributed by atoms with E-state index >= 15 is 0 Å². The van der Waals surface area contributed by atoms with Gasteiger partial charge in [0, 0.05) is 43.4 Å². The maximum absolute atomic E-state index is 14.5. The SMILES string of the molecule is CC(=O)N[C@@H]1[C@@H](O)[C@H](O)[C@@H](CO)O[C@H]1NC(=O)C[C@H](N)C(=O)N[C@H]1CC(=O)NC[C@@H](C(=O)N[C@@H](CC(C)C)C(=O)O)NC(=O)[C@H](Cc2ccccc2)NC(=O)[C@H](Cc2c[nH]c3ccccc23)NC1=O. The predicted molar refractivity (Wildman–Crippen MR) is 243 cm³/mol. The van der Waals surface area contributed by atoms with E-state index in [2.05, 4.69) is 47.5 Å². The zero-order chi connectivity index (χ0) is 50.5. The first-order valence-corrected chi connectivity index (χ1v) is 22.3. The summed E-state index contributed by atoms with van der Waals surface area (Å²) in [5.41, 5.74) is 7.98. The van der Waals surface area contributed by atoms with Crippen molar-refractivity contribution in [2.24, 2.45) is 11.7 Å². The van der Waals surface area contributed by atoms with Crippen LogP contribution >= 0.6 is 0 Å². The van der Waals surface area contributed by atoms with Gasteiger partial charge in [-0.15, -0.1) is 0 Å². The van der Waals surface area contributed by atoms with Crippen molar-refractivity contribution in [2.75, 3.05) is 13.2 Å². The first kappa shape index (κ1) is 53.0. The molecule has 0 aliphatic carbocycles. The van der Waals surface area contributed by atoms with Crippen LogP contribution in [0.3, 0.4) is 0 Å². The van der Waals surface area contributed by atoms with Gasteiger partial charge in [-0.05, 0) is 29.5 Å². The van der Waals surface area contributed by atoms with Gasteiger partial charge in [-0.2, -0.15) is 0 Å². The quantitative estimate of drug-likeness (QED) is 0.0648. The van der Waals surface area contributed by atoms with Crippen LogP contribution in [0.4, 0.5) is 0 Å². The number of carboxylic acids is 1. The van der Waals surface area contributed by atoms with E-state index in [1.807, 2.05) is 0 Å². The second kappa shape index (κ2) is 24.3. The molecular weight excluding hydrogens is 905 g/mol. The van der Waals surface area contributed by atoms with E-state index < -0.39 is 146 Å². The Balaban J connectivity index is 1.44. The topological polar surface area (TPSA) is 382 Å². The third kappa shape index (κ3) is 14.8. The molecule has 2 saturated heterocycles. The molecule has 15 N–H and O–H groups in total. The molecule has 374 valence electrons. The predicted octanol–water partition coefficient (Wildman–Crippen LogP) is -4.20. The molecular formula is C45H60N10O14. The highest BCUT2D eigenvalue weighted by atomic mass is 16.5. The summed E-state index contributed by atoms with van der Waals surface area (Å²) in [6.45, 7) is 3.17. The molecule has 3 heterocycles. The molecule has 24 heteroatoms. The van der Waals surface area contributed by atoms with E-state index in [1.165, 1.54) is 0 Å². The van der Waals surface area contributed by atoms with E-state index in [0.717, 1.165) is 6.92 Å². The lowest BCUT2D eigenvalue weighted by molar-refractivity contribution is -0.203. The Hall–Kier alpha value is -6.99. The summed E-state index contributed by atoms with van der Waals surface area (Å²) in [4.78, 5) is 124. The van der Waals surface area contributed by atoms with Crippen LogP contribution in [0.15, 0.2) is 60.8 Å². The third-order valence-electron chi connectivity index (χ3n) is 11.5. The molecule has 2 aromatic carbocycles. The molecule has 1 aromatic heterocycles. The summed E-state index contributed by atoms with van der Waals surface area (Å²) in [5.74, 6) is -9.08. The summed E-state index contributed by atoms with van der Waals surface area (Å²) in [7, 11) is 0. The van der Waals surface area contributed by atoms with E-state index in [4.69, 9.17) is 10.5 Å². The van der Waals surface area contributed by atoms with E-state index in [-0.39, 0.29) is 25.2 Å². The Morgan fingerprint density at radius 3 is 2.16 bits per heavy atom. The normalized spacial score (nSPS) is 25.7. The van der Waals surface area contributed by atoms with Crippen LogP contribution in [-0.2, 0) is 60.7 Å². The maximum Gasteiger partial charge on any atom is 0.326 e. The molecule has 0 bridgehead atoms. The number of benzene rings is 2. The first-order chi connectivity index (χ1) is 32.7. The van der Waals surface area contributed by atoms with E-state index in [1.54, 1.807) is 74.6 Å². The number of rotatable bonds is 16. The Kier molecular flexibility index (Phi) is 18.7. The number of hydrogen-bond donors (Lipinski definition) is 14. The standard InChI is InChI=1S/C45H60N10O14/c1-21(2)13-31(45(67)68)53-43(66)32-19-48-34(58)17-30(50-39(62)26(46)16-35(59)55-44-36(49-22(3)57)38(61)37(60)33(20-56)69-44)42(65)52-29(15-24-18-47-27-12-8-7-11-25(24)27)41(64)51-28(40(63)54-32)14-23-9-5-4-6-10-23/h4-12,18,21,26,28-33,36-38,44,47,56,60-61H,13-17,19-20,46H2,1-3H3,(H,48,58)(H,49,57)(H,50,62)(H,51,64)(H,52,65)(H,53,66)(H,54,63)(H,55,59)(H,67,68)/t26-,28-,29-,30-,31-,32-,33+,36+,37+,38+,44+/m0/s1. The molecule has 0 unspecified atom stereocenters. The molecule has 24 nitrogen and oxygen atoms in total. The lowest BCUT2D eigenvalue weighted by Gasteiger charge is -2.42. The highest BCUT2D eigenvalue weighted by molar-refractivity contribution is 5.99. The summed E-state index contributed by atoms with van der Waals surface area (Å²) < 4.78 is 5.51. The van der Waals surface area contributed by atoms with Crippen molar-refractivity contribution in [1.29, 1.82) is 0 Å². The Labute approximate surface area is 395 Å². The molecule has 3 aromatic rings. The molecule has 11 atom stereocenters. The first-order valence-electron chi connectivity index (χ1n) is 22.3. The molecule has 69 heavy (non-hydrogen) atoms. The molecule has 0 spiro atoms. The van der Waals surface area contributed by atoms with Crippen LogP contribution in [0.25, 0.3) is 10.9 Å². The van der Waals surface area contributed by atoms with Gasteiger partial charge >= 0.3 is 5.97 Å². The Morgan fingerprint density at radius 1 is 0.841 bits per heavy atom. The van der Waals surface area contributed by atoms with Crippen molar-refractivity contribution in [2.45, 2.75) is 120 Å². The smallest absolute Gasteiger partial charge is 0.326 e. The molecule has 0 saturated carbocycles. The van der Waals surface area contributed by atoms with Gasteiger partial charge in [0.1, 0.15) is 54.6 Å². The number of amides is 8. The van der Waals surface area contributed by atoms with Gasteiger partial charge in [0.05, 0.1) is 25.5 Å². The van der Waals surface area contributed by atoms with Crippen molar-refractivity contribution >= 4 is 64.1 Å². The fourth-order valence-corrected chi connectivity index (χ4v) is 7.89. The maximum atomic E-state index is 14.5. The van der Waals surface area contributed by atoms with Gasteiger partial charge in [-0.3, -0.25) is 38.4 Å². The number of para-hydroxylation sites is 1. The lowest BCUT2D eigenvalue weighted by Crippen LogP contribution is -2.68. The van der Waals surface area contributed by atoms with Crippen LogP contribution in [0, 0.1) is 5.92 Å². The number of ether oxygens (including phenoxy) is 1. The number of aromatic nitrogens is 1. The summed E-state index contributed by atoms with van der Waals surface area (Å²) in [6.07, 6.45) is -6.57. The molecule has 8 amide bonds. The number of aliphatic carboxylic acids is 1. The molecule has 2 aliphatic rings. The molecule has 5 rings (SSSR count). The highest BCUT2D eigenvalue weighted by Gasteiger charge is 2.45. The van der Waals surface area contributed by atoms with Crippen LogP contribution in [0.5, 0.6) is 0 Å². The van der Waals surface area contributed by atoms with Gasteiger partial charge in [0.15, 0.2) is 6.23 Å². The van der Waals surface area contributed by atoms with Gasteiger partial charge in [0.2, 0.25) is 47.3 Å². The fraction of sp³-hybridized carbons (Fsp3) is 0.489. The van der Waals surface area contributed by atoms with E-state index in [0.29, 0.717) is 22.0 Å². The van der Waals surface area contributed by atoms with Crippen molar-refractivity contribution < 1.29 is 68.3 Å². The van der Waals surface area contributed by atoms with Crippen LogP contribution in [0.2, 0.25) is 0 Å². The monoisotopic (exact) mass is 964 g/mol. The van der Waals surface area contributed by atoms with Crippen molar-refractivity contribution in [1.82, 2.24) is 47.5 Å². The number of carbonyl (C=O) groups excluding carboxylic acids is 8. The number of carboxylic acid groups (broad SMARTS) is 1. The summed E-state index contributed by atoms with van der Waals surface area (Å²) in [5, 5.41) is 60.9. The molecule has 2 aliphatic heterocycles. The number of nitrogens with one attached hydrogen (secondary N) is 9. The zero-order valence-electron chi connectivity index (χ0n) is 38.1. The Bertz CT molecular complexity index is 2350. The second-order valence-electron chi connectivity index (χ2n) is 17.4. The number of fused-ring (bicyclic) bond motifs is 1. The number of aliphatic hydroxyl groups is 3. The van der Waals surface area contributed by atoms with Gasteiger partial charge < -0.3 is 78.4 Å². The van der Waals surface area contributed by atoms with Gasteiger partial charge in [-0.1, -0.05) is 62.4 Å². The third-order valence-corrected chi connectivity index (χ3v) is 11.5. The number of nitrogens with two attached hydrogens (primary N) is 1. The van der Waals surface area contributed by atoms with Crippen LogP contribution in [-0.4, -0.2) is 159 Å². The number of aliphatic hydroxyl groups excluding tert-OH is 3. The average molecular weight is 965 g/mol. The Morgan fingerprint density at radius 2 is 1.49 bits per heavy atom. The van der Waals surface area contributed by atoms with Crippen molar-refractivity contribution in [3.8, 4) is 0 Å². The minimum atomic E-state index is -1.80. The van der Waals surface area contributed by atoms with Crippen molar-refractivity contribution in [3.63, 3.8) is 0 Å². The molecule has 0 radical (unpaired) electrons. The van der Waals surface area contributed by atoms with Crippen molar-refractivity contribution in [3.05, 3.63) is 71.9 Å². The average Bonchev–Trinajstić information content (AvgIpc) is 3.71. The second-order valence-corrected chi connectivity index (χ2v) is 17.4. The number of aromatic amines is 1.